The van der Waals surface area contributed by atoms with Gasteiger partial charge in [-0.2, -0.15) is 64.0 Å². The second kappa shape index (κ2) is 32.9. The molecule has 11 rings (SSSR count). The van der Waals surface area contributed by atoms with Gasteiger partial charge in [-0.15, -0.1) is 54.7 Å². The van der Waals surface area contributed by atoms with Crippen LogP contribution in [0.4, 0.5) is 68.2 Å². The number of phenolic OH excluding ortho intramolecular Hbond substituents is 4. The summed E-state index contributed by atoms with van der Waals surface area (Å²) in [6.07, 6.45) is 0.0977. The van der Waals surface area contributed by atoms with Crippen molar-refractivity contribution in [3.8, 4) is 28.7 Å². The van der Waals surface area contributed by atoms with Gasteiger partial charge < -0.3 is 30.5 Å². The van der Waals surface area contributed by atoms with Gasteiger partial charge in [-0.1, -0.05) is 40.4 Å². The van der Waals surface area contributed by atoms with Crippen LogP contribution >= 0.6 is 24.1 Å². The number of aromatic hydroxyl groups is 4. The van der Waals surface area contributed by atoms with E-state index in [4.69, 9.17) is 15.3 Å². The highest BCUT2D eigenvalue weighted by Gasteiger charge is 2.32. The van der Waals surface area contributed by atoms with E-state index < -0.39 is 211 Å². The zero-order chi connectivity index (χ0) is 82.9. The van der Waals surface area contributed by atoms with E-state index in [1.807, 2.05) is 0 Å². The molecule has 0 spiro atoms. The van der Waals surface area contributed by atoms with Crippen LogP contribution in [0.1, 0.15) is 12.0 Å². The monoisotopic (exact) mass is 1740 g/mol. The lowest BCUT2D eigenvalue weighted by atomic mass is 10.0. The molecule has 0 saturated carbocycles. The van der Waals surface area contributed by atoms with Crippen molar-refractivity contribution in [2.45, 2.75) is 52.5 Å². The molecule has 0 heterocycles. The van der Waals surface area contributed by atoms with Gasteiger partial charge in [0.05, 0.1) is 55.8 Å². The van der Waals surface area contributed by atoms with Crippen LogP contribution in [0.25, 0.3) is 43.1 Å². The molecule has 0 fully saturated rings. The number of aryl methyl sites for hydroxylation is 1. The number of phenols is 4. The number of rotatable bonds is 29. The number of anilines is 2. The Morgan fingerprint density at radius 1 is 0.395 bits per heavy atom. The fourth-order valence-corrected chi connectivity index (χ4v) is 16.4. The number of para-hydroxylation sites is 1. The first-order chi connectivity index (χ1) is 53.5. The number of hydrogen-bond acceptors (Lipinski definition) is 38. The highest BCUT2D eigenvalue weighted by atomic mass is 32.2. The molecule has 0 aliphatic heterocycles. The van der Waals surface area contributed by atoms with Crippen LogP contribution in [-0.4, -0.2) is 134 Å². The number of ether oxygens (including phenoxy) is 1. The van der Waals surface area contributed by atoms with Gasteiger partial charge >= 0.3 is 0 Å². The van der Waals surface area contributed by atoms with Crippen molar-refractivity contribution in [3.05, 3.63) is 151 Å². The second-order valence-electron chi connectivity index (χ2n) is 23.1. The van der Waals surface area contributed by atoms with Gasteiger partial charge in [-0.05, 0) is 127 Å². The smallest absolute Gasteiger partial charge is 0.297 e. The minimum Gasteiger partial charge on any atom is -0.507 e. The summed E-state index contributed by atoms with van der Waals surface area (Å²) in [4.78, 5) is -8.32. The summed E-state index contributed by atoms with van der Waals surface area (Å²) in [6.45, 7) is 1.13. The van der Waals surface area contributed by atoms with E-state index >= 15 is 0 Å². The molecular formula is C62H47N11O32S9. The molecule has 11 aromatic rings. The standard InChI is InChI=1S/C62H47N11O32S9/c1-29-20-45(48(101-18-7-19-106-104-102-78)28-44(29)67-69-46-23-32(108(80,81)82)21-30-22-33(109(83,84)85)24-47(74)53(30)46)68-73-57-52(112(92,93)94)27-39-36(60(57)77)14-17-43(62(39)114(98,99)100)65-70-54-37-26-51(111(89,90)91)56(59(76)34(37)12-15-41(54)63-31-8-3-2-4-9-31)72-66-42-16-13-35-38(61(42)113(95,96)97)25-49(107-105-103-79)55(58(35)75)71-64-40-10-5-6-11-50(40)110(86,87)88/h2-6,8-17,20-28,63,74-79H,7,18-19H2,1H3,(H,80,81,82)(H,83,84,85)(H,86,87,88)(H,89,90,91)(H,92,93,94)(H,95,96,97)(H,98,99,100). The molecule has 0 aliphatic carbocycles. The summed E-state index contributed by atoms with van der Waals surface area (Å²) in [5.41, 5.74) is -6.59. The lowest BCUT2D eigenvalue weighted by Gasteiger charge is -2.15. The van der Waals surface area contributed by atoms with Gasteiger partial charge in [0, 0.05) is 67.9 Å². The molecule has 0 aliphatic rings. The molecule has 0 aromatic heterocycles. The molecule has 596 valence electrons. The summed E-state index contributed by atoms with van der Waals surface area (Å²) in [7, 11) is -37.8. The highest BCUT2D eigenvalue weighted by molar-refractivity contribution is 7.95. The maximum atomic E-state index is 13.7. The topological polar surface area (TPSA) is 684 Å². The van der Waals surface area contributed by atoms with E-state index in [9.17, 15) is 111 Å². The summed E-state index contributed by atoms with van der Waals surface area (Å²) in [5, 5.41) is 109. The summed E-state index contributed by atoms with van der Waals surface area (Å²) in [6, 6.07) is 25.1. The SMILES string of the molecule is Cc1cc(N=Nc2c(S(=O)(=O)O)cc3c(S(=O)(=O)O)c(N=Nc4c(Nc5ccccc5)ccc5c(O)c(N=Nc6ccc7c(O)c(N=Nc8ccccc8S(=O)(=O)O)c(SOOO)cc7c6S(=O)(=O)O)c(S(=O)(=O)O)cc45)ccc3c2O)c(OCCCSOOO)cc1N=Nc1cc(S(=O)(=O)O)cc2cc(S(=O)(=O)O)cc(O)c12. The number of nitrogens with one attached hydrogen (secondary N) is 1. The van der Waals surface area contributed by atoms with Crippen LogP contribution in [0.2, 0.25) is 0 Å². The highest BCUT2D eigenvalue weighted by Crippen LogP contribution is 2.52. The maximum absolute atomic E-state index is 13.7. The molecule has 0 unspecified atom stereocenters. The molecular weight excluding hydrogens is 1700 g/mol. The minimum absolute atomic E-state index is 0.0260. The third-order valence-corrected chi connectivity index (χ3v) is 23.2. The molecule has 0 saturated heterocycles. The fourth-order valence-electron chi connectivity index (χ4n) is 10.9. The first-order valence-electron chi connectivity index (χ1n) is 30.6. The minimum atomic E-state index is -5.76. The van der Waals surface area contributed by atoms with Crippen molar-refractivity contribution < 1.29 is 145 Å². The van der Waals surface area contributed by atoms with E-state index in [-0.39, 0.29) is 75.7 Å². The van der Waals surface area contributed by atoms with Crippen molar-refractivity contribution >= 4 is 206 Å². The Morgan fingerprint density at radius 2 is 0.868 bits per heavy atom. The quantitative estimate of drug-likeness (QED) is 0.00517. The molecule has 11 aromatic carbocycles. The first kappa shape index (κ1) is 84.0. The molecule has 0 bridgehead atoms. The van der Waals surface area contributed by atoms with E-state index in [0.717, 1.165) is 72.8 Å². The summed E-state index contributed by atoms with van der Waals surface area (Å²) in [5.74, 6) is -4.52. The predicted octanol–water partition coefficient (Wildman–Crippen LogP) is 15.2. The zero-order valence-corrected chi connectivity index (χ0v) is 63.5. The second-order valence-corrected chi connectivity index (χ2v) is 34.3. The van der Waals surface area contributed by atoms with Crippen molar-refractivity contribution in [1.82, 2.24) is 0 Å². The fraction of sp³-hybridized carbons (Fsp3) is 0.0645. The number of benzene rings is 11. The Morgan fingerprint density at radius 3 is 1.43 bits per heavy atom. The summed E-state index contributed by atoms with van der Waals surface area (Å²) >= 11 is 0.648. The normalized spacial score (nSPS) is 13.1. The van der Waals surface area contributed by atoms with Gasteiger partial charge in [0.25, 0.3) is 70.8 Å². The van der Waals surface area contributed by atoms with Crippen LogP contribution in [0.3, 0.4) is 0 Å². The van der Waals surface area contributed by atoms with Crippen LogP contribution in [0, 0.1) is 6.92 Å². The molecule has 0 radical (unpaired) electrons. The lowest BCUT2D eigenvalue weighted by Crippen LogP contribution is -2.03. The molecule has 114 heavy (non-hydrogen) atoms. The Bertz CT molecular complexity index is 6850. The molecule has 0 atom stereocenters. The Hall–Kier alpha value is -10.9. The first-order valence-corrected chi connectivity index (χ1v) is 42.3. The number of hydrogen-bond donors (Lipinski definition) is 14. The zero-order valence-electron chi connectivity index (χ0n) is 56.2. The number of fused-ring (bicyclic) bond motifs is 4. The van der Waals surface area contributed by atoms with E-state index in [2.05, 4.69) is 75.2 Å². The Kier molecular flexibility index (Phi) is 24.2. The van der Waals surface area contributed by atoms with Gasteiger partial charge in [-0.25, -0.2) is 10.5 Å². The Balaban J connectivity index is 1.02. The van der Waals surface area contributed by atoms with Crippen molar-refractivity contribution in [3.63, 3.8) is 0 Å². The van der Waals surface area contributed by atoms with Gasteiger partial charge in [-0.3, -0.25) is 31.9 Å². The lowest BCUT2D eigenvalue weighted by molar-refractivity contribution is -0.432. The van der Waals surface area contributed by atoms with E-state index in [1.54, 1.807) is 18.2 Å². The summed E-state index contributed by atoms with van der Waals surface area (Å²) < 4.78 is 268. The Labute approximate surface area is 648 Å². The van der Waals surface area contributed by atoms with Crippen LogP contribution in [0.15, 0.2) is 236 Å². The predicted molar refractivity (Wildman–Crippen MR) is 397 cm³/mol. The molecule has 14 N–H and O–H groups in total. The van der Waals surface area contributed by atoms with Crippen LogP contribution in [-0.2, 0) is 89.6 Å². The molecule has 52 heteroatoms. The molecule has 0 amide bonds. The van der Waals surface area contributed by atoms with Gasteiger partial charge in [0.2, 0.25) is 0 Å². The van der Waals surface area contributed by atoms with Crippen molar-refractivity contribution in [2.75, 3.05) is 17.7 Å². The number of azo groups is 5. The van der Waals surface area contributed by atoms with E-state index in [0.29, 0.717) is 30.2 Å². The van der Waals surface area contributed by atoms with Crippen molar-refractivity contribution in [1.29, 1.82) is 0 Å². The van der Waals surface area contributed by atoms with Gasteiger partial charge in [0.15, 0.2) is 17.2 Å². The van der Waals surface area contributed by atoms with Gasteiger partial charge in [0.1, 0.15) is 81.5 Å². The third kappa shape index (κ3) is 18.5. The average Bonchev–Trinajstić information content (AvgIpc) is 0.748. The molecule has 43 nitrogen and oxygen atoms in total. The number of nitrogens with zero attached hydrogens (tertiary/aromatic N) is 10. The van der Waals surface area contributed by atoms with E-state index in [1.165, 1.54) is 43.3 Å². The third-order valence-electron chi connectivity index (χ3n) is 15.8. The largest absolute Gasteiger partial charge is 0.507 e. The van der Waals surface area contributed by atoms with Crippen LogP contribution < -0.4 is 10.1 Å². The van der Waals surface area contributed by atoms with Crippen LogP contribution in [0.5, 0.6) is 28.7 Å². The maximum Gasteiger partial charge on any atom is 0.297 e. The van der Waals surface area contributed by atoms with Crippen molar-refractivity contribution in [2.24, 2.45) is 51.1 Å². The average molecular weight is 1750 g/mol.